The first-order chi connectivity index (χ1) is 7.24. The molecule has 1 saturated carbocycles. The molecule has 1 aromatic rings. The number of amides is 1. The minimum Gasteiger partial charge on any atom is -0.334 e. The fourth-order valence-electron chi connectivity index (χ4n) is 2.09. The molecule has 2 aliphatic rings. The third-order valence-corrected chi connectivity index (χ3v) is 3.80. The quantitative estimate of drug-likeness (QED) is 0.769. The molecule has 1 fully saturated rings. The average molecular weight is 313 g/mol. The number of hydrogen-bond donors (Lipinski definition) is 0. The Morgan fingerprint density at radius 3 is 2.93 bits per heavy atom. The number of halogens is 1. The summed E-state index contributed by atoms with van der Waals surface area (Å²) in [5.41, 5.74) is 2.11. The molecule has 3 rings (SSSR count). The normalized spacial score (nSPS) is 19.5. The molecule has 0 bridgehead atoms. The molecule has 0 spiro atoms. The van der Waals surface area contributed by atoms with Crippen molar-refractivity contribution in [3.8, 4) is 0 Å². The summed E-state index contributed by atoms with van der Waals surface area (Å²) in [7, 11) is 0. The van der Waals surface area contributed by atoms with Crippen LogP contribution < -0.4 is 0 Å². The molecule has 78 valence electrons. The smallest absolute Gasteiger partial charge is 0.254 e. The molecule has 1 aliphatic heterocycles. The summed E-state index contributed by atoms with van der Waals surface area (Å²) in [4.78, 5) is 14.0. The zero-order chi connectivity index (χ0) is 10.4. The molecule has 0 aromatic heterocycles. The summed E-state index contributed by atoms with van der Waals surface area (Å²) in [6.07, 6.45) is 2.61. The lowest BCUT2D eigenvalue weighted by Gasteiger charge is -2.14. The van der Waals surface area contributed by atoms with E-state index in [0.29, 0.717) is 0 Å². The first-order valence-electron chi connectivity index (χ1n) is 5.32. The van der Waals surface area contributed by atoms with Crippen molar-refractivity contribution in [1.82, 2.24) is 4.90 Å². The predicted octanol–water partition coefficient (Wildman–Crippen LogP) is 2.66. The van der Waals surface area contributed by atoms with Crippen molar-refractivity contribution in [2.24, 2.45) is 5.92 Å². The number of hydrogen-bond acceptors (Lipinski definition) is 1. The third-order valence-electron chi connectivity index (χ3n) is 3.13. The lowest BCUT2D eigenvalue weighted by Crippen LogP contribution is -2.26. The van der Waals surface area contributed by atoms with Crippen LogP contribution >= 0.6 is 22.6 Å². The highest BCUT2D eigenvalue weighted by atomic mass is 127. The number of carbonyl (C=O) groups is 1. The Hall–Kier alpha value is -0.580. The van der Waals surface area contributed by atoms with Crippen molar-refractivity contribution in [2.75, 3.05) is 6.54 Å². The maximum absolute atomic E-state index is 12.0. The van der Waals surface area contributed by atoms with E-state index in [9.17, 15) is 4.79 Å². The number of fused-ring (bicyclic) bond motifs is 1. The lowest BCUT2D eigenvalue weighted by molar-refractivity contribution is 0.0771. The monoisotopic (exact) mass is 313 g/mol. The van der Waals surface area contributed by atoms with E-state index in [1.54, 1.807) is 0 Å². The first kappa shape index (κ1) is 9.63. The van der Waals surface area contributed by atoms with Gasteiger partial charge < -0.3 is 4.90 Å². The summed E-state index contributed by atoms with van der Waals surface area (Å²) < 4.78 is 1.15. The van der Waals surface area contributed by atoms with Crippen LogP contribution in [0.25, 0.3) is 0 Å². The Balaban J connectivity index is 1.87. The predicted molar refractivity (Wildman–Crippen MR) is 66.6 cm³/mol. The molecule has 1 heterocycles. The standard InChI is InChI=1S/C12H12INO/c13-10-4-3-9-7-14(6-8-1-2-8)12(15)11(9)5-10/h3-5,8H,1-2,6-7H2. The number of carbonyl (C=O) groups excluding carboxylic acids is 1. The van der Waals surface area contributed by atoms with Crippen LogP contribution in [-0.2, 0) is 6.54 Å². The molecule has 1 aromatic carbocycles. The van der Waals surface area contributed by atoms with E-state index >= 15 is 0 Å². The van der Waals surface area contributed by atoms with Gasteiger partial charge in [-0.2, -0.15) is 0 Å². The Bertz CT molecular complexity index is 426. The van der Waals surface area contributed by atoms with Crippen LogP contribution in [0.4, 0.5) is 0 Å². The Morgan fingerprint density at radius 2 is 2.20 bits per heavy atom. The molecular weight excluding hydrogens is 301 g/mol. The summed E-state index contributed by atoms with van der Waals surface area (Å²) in [5.74, 6) is 1.01. The van der Waals surface area contributed by atoms with Gasteiger partial charge in [0.25, 0.3) is 5.91 Å². The van der Waals surface area contributed by atoms with E-state index in [1.165, 1.54) is 18.4 Å². The molecule has 0 saturated heterocycles. The van der Waals surface area contributed by atoms with Crippen LogP contribution in [0.1, 0.15) is 28.8 Å². The van der Waals surface area contributed by atoms with Crippen LogP contribution in [0, 0.1) is 9.49 Å². The van der Waals surface area contributed by atoms with Gasteiger partial charge >= 0.3 is 0 Å². The van der Waals surface area contributed by atoms with E-state index in [4.69, 9.17) is 0 Å². The second-order valence-corrected chi connectivity index (χ2v) is 5.68. The Labute approximate surface area is 103 Å². The number of rotatable bonds is 2. The highest BCUT2D eigenvalue weighted by Gasteiger charge is 2.32. The highest BCUT2D eigenvalue weighted by Crippen LogP contribution is 2.33. The molecule has 3 heteroatoms. The number of benzene rings is 1. The van der Waals surface area contributed by atoms with Gasteiger partial charge in [0, 0.05) is 22.2 Å². The van der Waals surface area contributed by atoms with Gasteiger partial charge in [-0.3, -0.25) is 4.79 Å². The van der Waals surface area contributed by atoms with Crippen molar-refractivity contribution in [3.63, 3.8) is 0 Å². The van der Waals surface area contributed by atoms with Gasteiger partial charge in [-0.15, -0.1) is 0 Å². The minimum absolute atomic E-state index is 0.232. The molecule has 0 radical (unpaired) electrons. The maximum Gasteiger partial charge on any atom is 0.254 e. The van der Waals surface area contributed by atoms with E-state index in [0.717, 1.165) is 28.1 Å². The molecule has 1 aliphatic carbocycles. The van der Waals surface area contributed by atoms with Gasteiger partial charge in [-0.1, -0.05) is 6.07 Å². The summed E-state index contributed by atoms with van der Waals surface area (Å²) >= 11 is 2.26. The van der Waals surface area contributed by atoms with Crippen LogP contribution in [0.3, 0.4) is 0 Å². The third kappa shape index (κ3) is 1.77. The topological polar surface area (TPSA) is 20.3 Å². The van der Waals surface area contributed by atoms with Crippen molar-refractivity contribution in [3.05, 3.63) is 32.9 Å². The van der Waals surface area contributed by atoms with Gasteiger partial charge in [-0.25, -0.2) is 0 Å². The molecule has 2 nitrogen and oxygen atoms in total. The van der Waals surface area contributed by atoms with E-state index in [-0.39, 0.29) is 5.91 Å². The van der Waals surface area contributed by atoms with Crippen molar-refractivity contribution >= 4 is 28.5 Å². The van der Waals surface area contributed by atoms with Crippen LogP contribution in [0.2, 0.25) is 0 Å². The minimum atomic E-state index is 0.232. The highest BCUT2D eigenvalue weighted by molar-refractivity contribution is 14.1. The van der Waals surface area contributed by atoms with Crippen molar-refractivity contribution < 1.29 is 4.79 Å². The van der Waals surface area contributed by atoms with Crippen molar-refractivity contribution in [1.29, 1.82) is 0 Å². The van der Waals surface area contributed by atoms with Crippen LogP contribution in [0.15, 0.2) is 18.2 Å². The SMILES string of the molecule is O=C1c2cc(I)ccc2CN1CC1CC1. The largest absolute Gasteiger partial charge is 0.334 e. The molecule has 15 heavy (non-hydrogen) atoms. The van der Waals surface area contributed by atoms with Gasteiger partial charge in [0.1, 0.15) is 0 Å². The molecular formula is C12H12INO. The molecule has 0 atom stereocenters. The van der Waals surface area contributed by atoms with Crippen LogP contribution in [0.5, 0.6) is 0 Å². The Morgan fingerprint density at radius 1 is 1.40 bits per heavy atom. The van der Waals surface area contributed by atoms with Gasteiger partial charge in [0.05, 0.1) is 0 Å². The second kappa shape index (κ2) is 3.47. The van der Waals surface area contributed by atoms with E-state index < -0.39 is 0 Å². The average Bonchev–Trinajstić information content (AvgIpc) is 2.97. The van der Waals surface area contributed by atoms with E-state index in [2.05, 4.69) is 34.7 Å². The van der Waals surface area contributed by atoms with Gasteiger partial charge in [0.2, 0.25) is 0 Å². The van der Waals surface area contributed by atoms with Gasteiger partial charge in [0.15, 0.2) is 0 Å². The van der Waals surface area contributed by atoms with E-state index in [1.807, 2.05) is 11.0 Å². The summed E-state index contributed by atoms with van der Waals surface area (Å²) in [6.45, 7) is 1.78. The molecule has 0 unspecified atom stereocenters. The Kier molecular flexibility index (Phi) is 2.23. The second-order valence-electron chi connectivity index (χ2n) is 4.43. The fraction of sp³-hybridized carbons (Fsp3) is 0.417. The molecule has 0 N–H and O–H groups in total. The number of nitrogens with zero attached hydrogens (tertiary/aromatic N) is 1. The van der Waals surface area contributed by atoms with Gasteiger partial charge in [-0.05, 0) is 59.0 Å². The van der Waals surface area contributed by atoms with Crippen LogP contribution in [-0.4, -0.2) is 17.4 Å². The maximum atomic E-state index is 12.0. The summed E-state index contributed by atoms with van der Waals surface area (Å²) in [5, 5.41) is 0. The first-order valence-corrected chi connectivity index (χ1v) is 6.39. The fourth-order valence-corrected chi connectivity index (χ4v) is 2.58. The lowest BCUT2D eigenvalue weighted by atomic mass is 10.1. The van der Waals surface area contributed by atoms with Crippen molar-refractivity contribution in [2.45, 2.75) is 19.4 Å². The molecule has 1 amide bonds. The zero-order valence-corrected chi connectivity index (χ0v) is 10.5. The zero-order valence-electron chi connectivity index (χ0n) is 8.37. The summed E-state index contributed by atoms with van der Waals surface area (Å²) in [6, 6.07) is 6.17.